The quantitative estimate of drug-likeness (QED) is 0.674. The summed E-state index contributed by atoms with van der Waals surface area (Å²) in [5.74, 6) is -1.31. The predicted octanol–water partition coefficient (Wildman–Crippen LogP) is 4.16. The maximum atomic E-state index is 12.1. The van der Waals surface area contributed by atoms with Crippen LogP contribution in [0.5, 0.6) is 0 Å². The molecule has 3 rings (SSSR count). The van der Waals surface area contributed by atoms with Crippen molar-refractivity contribution in [3.63, 3.8) is 0 Å². The average molecular weight is 355 g/mol. The number of para-hydroxylation sites is 1. The number of carbonyl (C=O) groups is 2. The number of amides is 1. The fraction of sp³-hybridized carbons (Fsp3) is 0.105. The SMILES string of the molecule is O=C(CCc1ccc2nc(Cl)ccc2c1)Nc1ccccc1C(=O)O. The number of carboxylic acids is 1. The van der Waals surface area contributed by atoms with Crippen molar-refractivity contribution < 1.29 is 14.7 Å². The molecule has 5 nitrogen and oxygen atoms in total. The van der Waals surface area contributed by atoms with E-state index in [0.717, 1.165) is 16.5 Å². The van der Waals surface area contributed by atoms with Gasteiger partial charge in [0.2, 0.25) is 5.91 Å². The van der Waals surface area contributed by atoms with Crippen LogP contribution in [0.4, 0.5) is 5.69 Å². The molecule has 0 fully saturated rings. The van der Waals surface area contributed by atoms with E-state index in [-0.39, 0.29) is 17.9 Å². The molecule has 0 aliphatic rings. The molecule has 126 valence electrons. The van der Waals surface area contributed by atoms with Gasteiger partial charge in [0, 0.05) is 11.8 Å². The van der Waals surface area contributed by atoms with E-state index in [0.29, 0.717) is 17.3 Å². The Morgan fingerprint density at radius 3 is 2.68 bits per heavy atom. The first kappa shape index (κ1) is 16.9. The highest BCUT2D eigenvalue weighted by molar-refractivity contribution is 6.29. The number of pyridine rings is 1. The lowest BCUT2D eigenvalue weighted by molar-refractivity contribution is -0.116. The van der Waals surface area contributed by atoms with Crippen LogP contribution < -0.4 is 5.32 Å². The Bertz CT molecular complexity index is 956. The number of carbonyl (C=O) groups excluding carboxylic acids is 1. The van der Waals surface area contributed by atoms with Crippen LogP contribution in [-0.4, -0.2) is 22.0 Å². The van der Waals surface area contributed by atoms with Gasteiger partial charge in [-0.05, 0) is 48.4 Å². The number of rotatable bonds is 5. The molecule has 0 bridgehead atoms. The van der Waals surface area contributed by atoms with Gasteiger partial charge in [-0.1, -0.05) is 29.8 Å². The number of nitrogens with one attached hydrogen (secondary N) is 1. The topological polar surface area (TPSA) is 79.3 Å². The van der Waals surface area contributed by atoms with Crippen molar-refractivity contribution in [1.29, 1.82) is 0 Å². The number of nitrogens with zero attached hydrogens (tertiary/aromatic N) is 1. The van der Waals surface area contributed by atoms with Crippen molar-refractivity contribution in [1.82, 2.24) is 4.98 Å². The molecule has 1 amide bonds. The number of hydrogen-bond acceptors (Lipinski definition) is 3. The number of aryl methyl sites for hydroxylation is 1. The van der Waals surface area contributed by atoms with Gasteiger partial charge in [0.05, 0.1) is 16.8 Å². The van der Waals surface area contributed by atoms with E-state index in [1.165, 1.54) is 6.07 Å². The smallest absolute Gasteiger partial charge is 0.337 e. The largest absolute Gasteiger partial charge is 0.478 e. The van der Waals surface area contributed by atoms with E-state index in [4.69, 9.17) is 16.7 Å². The van der Waals surface area contributed by atoms with Gasteiger partial charge in [0.25, 0.3) is 0 Å². The summed E-state index contributed by atoms with van der Waals surface area (Å²) in [4.78, 5) is 27.5. The molecule has 0 unspecified atom stereocenters. The van der Waals surface area contributed by atoms with Gasteiger partial charge in [-0.15, -0.1) is 0 Å². The third-order valence-corrected chi connectivity index (χ3v) is 4.00. The lowest BCUT2D eigenvalue weighted by Crippen LogP contribution is -2.15. The third kappa shape index (κ3) is 4.14. The van der Waals surface area contributed by atoms with Crippen LogP contribution in [0.3, 0.4) is 0 Å². The van der Waals surface area contributed by atoms with Crippen molar-refractivity contribution in [3.8, 4) is 0 Å². The van der Waals surface area contributed by atoms with E-state index in [1.807, 2.05) is 24.3 Å². The molecule has 0 saturated carbocycles. The fourth-order valence-corrected chi connectivity index (χ4v) is 2.71. The van der Waals surface area contributed by atoms with Crippen LogP contribution in [-0.2, 0) is 11.2 Å². The number of benzene rings is 2. The summed E-state index contributed by atoms with van der Waals surface area (Å²) in [6.45, 7) is 0. The Labute approximate surface area is 149 Å². The number of aromatic nitrogens is 1. The van der Waals surface area contributed by atoms with E-state index >= 15 is 0 Å². The van der Waals surface area contributed by atoms with E-state index in [1.54, 1.807) is 24.3 Å². The molecule has 0 radical (unpaired) electrons. The molecule has 1 aromatic heterocycles. The molecule has 1 heterocycles. The van der Waals surface area contributed by atoms with Crippen molar-refractivity contribution in [3.05, 3.63) is 70.9 Å². The molecule has 0 spiro atoms. The second-order valence-electron chi connectivity index (χ2n) is 5.56. The predicted molar refractivity (Wildman–Crippen MR) is 97.1 cm³/mol. The number of aromatic carboxylic acids is 1. The van der Waals surface area contributed by atoms with Crippen molar-refractivity contribution in [2.24, 2.45) is 0 Å². The highest BCUT2D eigenvalue weighted by Gasteiger charge is 2.11. The zero-order valence-corrected chi connectivity index (χ0v) is 14.0. The number of carboxylic acid groups (broad SMARTS) is 1. The number of fused-ring (bicyclic) bond motifs is 1. The second kappa shape index (κ2) is 7.32. The van der Waals surface area contributed by atoms with Crippen LogP contribution in [0.2, 0.25) is 5.15 Å². The molecule has 3 aromatic rings. The van der Waals surface area contributed by atoms with Crippen LogP contribution in [0, 0.1) is 0 Å². The monoisotopic (exact) mass is 354 g/mol. The zero-order chi connectivity index (χ0) is 17.8. The summed E-state index contributed by atoms with van der Waals surface area (Å²) in [5.41, 5.74) is 2.18. The van der Waals surface area contributed by atoms with Gasteiger partial charge in [-0.3, -0.25) is 4.79 Å². The number of anilines is 1. The molecule has 0 atom stereocenters. The minimum Gasteiger partial charge on any atom is -0.478 e. The molecule has 2 aromatic carbocycles. The molecular formula is C19H15ClN2O3. The molecule has 25 heavy (non-hydrogen) atoms. The first-order valence-corrected chi connectivity index (χ1v) is 8.08. The molecule has 6 heteroatoms. The van der Waals surface area contributed by atoms with Gasteiger partial charge in [-0.25, -0.2) is 9.78 Å². The molecule has 2 N–H and O–H groups in total. The summed E-state index contributed by atoms with van der Waals surface area (Å²) in [5, 5.41) is 13.2. The lowest BCUT2D eigenvalue weighted by atomic mass is 10.1. The maximum absolute atomic E-state index is 12.1. The third-order valence-electron chi connectivity index (χ3n) is 3.79. The summed E-state index contributed by atoms with van der Waals surface area (Å²) in [7, 11) is 0. The van der Waals surface area contributed by atoms with Crippen LogP contribution in [0.25, 0.3) is 10.9 Å². The van der Waals surface area contributed by atoms with Crippen molar-refractivity contribution in [2.45, 2.75) is 12.8 Å². The molecule has 0 aliphatic carbocycles. The van der Waals surface area contributed by atoms with Crippen LogP contribution in [0.1, 0.15) is 22.3 Å². The van der Waals surface area contributed by atoms with Crippen molar-refractivity contribution in [2.75, 3.05) is 5.32 Å². The maximum Gasteiger partial charge on any atom is 0.337 e. The number of hydrogen-bond donors (Lipinski definition) is 2. The fourth-order valence-electron chi connectivity index (χ4n) is 2.55. The first-order valence-electron chi connectivity index (χ1n) is 7.70. The Morgan fingerprint density at radius 2 is 1.88 bits per heavy atom. The molecular weight excluding hydrogens is 340 g/mol. The van der Waals surface area contributed by atoms with Crippen LogP contribution >= 0.6 is 11.6 Å². The first-order chi connectivity index (χ1) is 12.0. The van der Waals surface area contributed by atoms with E-state index in [2.05, 4.69) is 10.3 Å². The minimum atomic E-state index is -1.07. The summed E-state index contributed by atoms with van der Waals surface area (Å²) >= 11 is 5.87. The summed E-state index contributed by atoms with van der Waals surface area (Å²) in [6.07, 6.45) is 0.792. The van der Waals surface area contributed by atoms with Gasteiger partial charge < -0.3 is 10.4 Å². The highest BCUT2D eigenvalue weighted by Crippen LogP contribution is 2.19. The zero-order valence-electron chi connectivity index (χ0n) is 13.2. The average Bonchev–Trinajstić information content (AvgIpc) is 2.60. The summed E-state index contributed by atoms with van der Waals surface area (Å²) < 4.78 is 0. The molecule has 0 aliphatic heterocycles. The minimum absolute atomic E-state index is 0.0736. The second-order valence-corrected chi connectivity index (χ2v) is 5.95. The van der Waals surface area contributed by atoms with E-state index < -0.39 is 5.97 Å². The summed E-state index contributed by atoms with van der Waals surface area (Å²) in [6, 6.07) is 15.7. The van der Waals surface area contributed by atoms with Gasteiger partial charge in [0.15, 0.2) is 0 Å². The normalized spacial score (nSPS) is 10.6. The number of halogens is 1. The Kier molecular flexibility index (Phi) is 4.95. The van der Waals surface area contributed by atoms with Crippen LogP contribution in [0.15, 0.2) is 54.6 Å². The highest BCUT2D eigenvalue weighted by atomic mass is 35.5. The van der Waals surface area contributed by atoms with Gasteiger partial charge >= 0.3 is 5.97 Å². The standard InChI is InChI=1S/C19H15ClN2O3/c20-17-9-7-13-11-12(5-8-15(13)21-17)6-10-18(23)22-16-4-2-1-3-14(16)19(24)25/h1-5,7-9,11H,6,10H2,(H,22,23)(H,24,25). The Balaban J connectivity index is 1.66. The van der Waals surface area contributed by atoms with Gasteiger partial charge in [-0.2, -0.15) is 0 Å². The van der Waals surface area contributed by atoms with E-state index in [9.17, 15) is 9.59 Å². The van der Waals surface area contributed by atoms with Gasteiger partial charge in [0.1, 0.15) is 5.15 Å². The Hall–Kier alpha value is -2.92. The molecule has 0 saturated heterocycles. The Morgan fingerprint density at radius 1 is 1.08 bits per heavy atom. The lowest BCUT2D eigenvalue weighted by Gasteiger charge is -2.08. The van der Waals surface area contributed by atoms with Crippen molar-refractivity contribution >= 4 is 40.1 Å².